The summed E-state index contributed by atoms with van der Waals surface area (Å²) in [6.45, 7) is 0. The second kappa shape index (κ2) is 11.3. The smallest absolute Gasteiger partial charge is 0.0543 e. The van der Waals surface area contributed by atoms with E-state index in [1.54, 1.807) is 11.1 Å². The van der Waals surface area contributed by atoms with Crippen LogP contribution in [0.15, 0.2) is 164 Å². The zero-order valence-electron chi connectivity index (χ0n) is 28.9. The van der Waals surface area contributed by atoms with Gasteiger partial charge in [0.2, 0.25) is 0 Å². The van der Waals surface area contributed by atoms with Crippen molar-refractivity contribution in [3.63, 3.8) is 0 Å². The van der Waals surface area contributed by atoms with E-state index >= 15 is 0 Å². The summed E-state index contributed by atoms with van der Waals surface area (Å²) in [5.41, 5.74) is 14.9. The van der Waals surface area contributed by atoms with Gasteiger partial charge in [-0.15, -0.1) is 0 Å². The van der Waals surface area contributed by atoms with E-state index in [4.69, 9.17) is 0 Å². The molecule has 0 atom stereocenters. The number of fused-ring (bicyclic) bond motifs is 4. The van der Waals surface area contributed by atoms with E-state index in [9.17, 15) is 0 Å². The molecule has 1 heteroatoms. The Balaban J connectivity index is 1.07. The summed E-state index contributed by atoms with van der Waals surface area (Å²) in [5, 5.41) is 2.53. The first-order chi connectivity index (χ1) is 25.2. The summed E-state index contributed by atoms with van der Waals surface area (Å²) < 4.78 is 0. The van der Waals surface area contributed by atoms with Gasteiger partial charge in [0.1, 0.15) is 0 Å². The lowest BCUT2D eigenvalue weighted by molar-refractivity contribution is -0.0399. The number of benzene rings is 7. The average Bonchev–Trinajstić information content (AvgIpc) is 3.49. The predicted octanol–water partition coefficient (Wildman–Crippen LogP) is 13.4. The molecule has 0 aromatic heterocycles. The molecule has 246 valence electrons. The van der Waals surface area contributed by atoms with Crippen molar-refractivity contribution in [3.05, 3.63) is 175 Å². The maximum atomic E-state index is 2.54. The summed E-state index contributed by atoms with van der Waals surface area (Å²) >= 11 is 0. The van der Waals surface area contributed by atoms with Crippen molar-refractivity contribution in [2.45, 2.75) is 37.5 Å². The highest BCUT2D eigenvalue weighted by molar-refractivity contribution is 5.97. The highest BCUT2D eigenvalue weighted by atomic mass is 15.1. The van der Waals surface area contributed by atoms with Crippen molar-refractivity contribution in [3.8, 4) is 33.4 Å². The minimum absolute atomic E-state index is 0.139. The van der Waals surface area contributed by atoms with Crippen molar-refractivity contribution >= 4 is 27.8 Å². The second-order valence-electron chi connectivity index (χ2n) is 15.8. The Morgan fingerprint density at radius 3 is 1.67 bits per heavy atom. The van der Waals surface area contributed by atoms with E-state index in [-0.39, 0.29) is 5.41 Å². The fraction of sp³-hybridized carbons (Fsp3) is 0.200. The van der Waals surface area contributed by atoms with Crippen LogP contribution in [0.4, 0.5) is 17.1 Å². The van der Waals surface area contributed by atoms with Gasteiger partial charge < -0.3 is 4.90 Å². The summed E-state index contributed by atoms with van der Waals surface area (Å²) in [5.74, 6) is 3.35. The molecular formula is C50H41N. The number of hydrogen-bond donors (Lipinski definition) is 0. The molecule has 0 amide bonds. The average molecular weight is 656 g/mol. The maximum absolute atomic E-state index is 2.54. The van der Waals surface area contributed by atoms with Crippen LogP contribution in [0.25, 0.3) is 44.2 Å². The predicted molar refractivity (Wildman–Crippen MR) is 213 cm³/mol. The molecule has 1 nitrogen and oxygen atoms in total. The van der Waals surface area contributed by atoms with Crippen LogP contribution in [0.2, 0.25) is 0 Å². The van der Waals surface area contributed by atoms with Crippen LogP contribution >= 0.6 is 0 Å². The Bertz CT molecular complexity index is 2390. The van der Waals surface area contributed by atoms with Crippen molar-refractivity contribution in [2.75, 3.05) is 4.90 Å². The van der Waals surface area contributed by atoms with Crippen LogP contribution < -0.4 is 4.90 Å². The highest BCUT2D eigenvalue weighted by Gasteiger charge is 2.61. The largest absolute Gasteiger partial charge is 0.310 e. The first-order valence-electron chi connectivity index (χ1n) is 19.0. The molecule has 5 aliphatic carbocycles. The Morgan fingerprint density at radius 1 is 0.412 bits per heavy atom. The Labute approximate surface area is 301 Å². The molecule has 4 saturated carbocycles. The van der Waals surface area contributed by atoms with Crippen LogP contribution in [-0.4, -0.2) is 0 Å². The third-order valence-electron chi connectivity index (χ3n) is 13.2. The van der Waals surface area contributed by atoms with E-state index in [0.717, 1.165) is 23.7 Å². The number of anilines is 3. The molecule has 4 fully saturated rings. The zero-order valence-corrected chi connectivity index (χ0v) is 28.9. The van der Waals surface area contributed by atoms with Gasteiger partial charge in [-0.3, -0.25) is 0 Å². The molecule has 7 aromatic rings. The molecule has 0 saturated heterocycles. The lowest BCUT2D eigenvalue weighted by Crippen LogP contribution is -2.55. The number of hydrogen-bond acceptors (Lipinski definition) is 1. The van der Waals surface area contributed by atoms with Crippen LogP contribution in [0.5, 0.6) is 0 Å². The summed E-state index contributed by atoms with van der Waals surface area (Å²) in [6.07, 6.45) is 7.06. The quantitative estimate of drug-likeness (QED) is 0.178. The third-order valence-corrected chi connectivity index (χ3v) is 13.2. The Hall–Kier alpha value is -5.40. The first kappa shape index (κ1) is 29.3. The lowest BCUT2D eigenvalue weighted by Gasteiger charge is -2.61. The van der Waals surface area contributed by atoms with Gasteiger partial charge in [0.25, 0.3) is 0 Å². The maximum Gasteiger partial charge on any atom is 0.0543 e. The number of nitrogens with zero attached hydrogens (tertiary/aromatic N) is 1. The van der Waals surface area contributed by atoms with E-state index < -0.39 is 0 Å². The fourth-order valence-corrected chi connectivity index (χ4v) is 11.4. The van der Waals surface area contributed by atoms with Gasteiger partial charge in [-0.25, -0.2) is 0 Å². The van der Waals surface area contributed by atoms with Crippen LogP contribution in [-0.2, 0) is 5.41 Å². The zero-order chi connectivity index (χ0) is 33.5. The van der Waals surface area contributed by atoms with Gasteiger partial charge in [0, 0.05) is 22.4 Å². The molecule has 51 heavy (non-hydrogen) atoms. The molecule has 0 N–H and O–H groups in total. The van der Waals surface area contributed by atoms with E-state index in [2.05, 4.69) is 169 Å². The monoisotopic (exact) mass is 655 g/mol. The van der Waals surface area contributed by atoms with Gasteiger partial charge in [-0.1, -0.05) is 133 Å². The Kier molecular flexibility index (Phi) is 6.50. The van der Waals surface area contributed by atoms with Crippen LogP contribution in [0.1, 0.15) is 43.2 Å². The molecule has 4 bridgehead atoms. The highest BCUT2D eigenvalue weighted by Crippen LogP contribution is 2.70. The fourth-order valence-electron chi connectivity index (χ4n) is 11.4. The molecule has 5 aliphatic rings. The van der Waals surface area contributed by atoms with Gasteiger partial charge in [-0.05, 0) is 136 Å². The number of rotatable bonds is 5. The summed E-state index contributed by atoms with van der Waals surface area (Å²) in [6, 6.07) is 61.4. The first-order valence-corrected chi connectivity index (χ1v) is 19.0. The van der Waals surface area contributed by atoms with E-state index in [1.807, 2.05) is 0 Å². The van der Waals surface area contributed by atoms with E-state index in [1.165, 1.54) is 93.3 Å². The van der Waals surface area contributed by atoms with Crippen LogP contribution in [0.3, 0.4) is 0 Å². The van der Waals surface area contributed by atoms with Crippen molar-refractivity contribution < 1.29 is 0 Å². The van der Waals surface area contributed by atoms with Gasteiger partial charge in [0.05, 0.1) is 5.69 Å². The molecule has 7 aromatic carbocycles. The third kappa shape index (κ3) is 4.40. The van der Waals surface area contributed by atoms with Crippen molar-refractivity contribution in [1.29, 1.82) is 0 Å². The molecule has 0 aliphatic heterocycles. The van der Waals surface area contributed by atoms with Gasteiger partial charge in [0.15, 0.2) is 0 Å². The minimum Gasteiger partial charge on any atom is -0.310 e. The van der Waals surface area contributed by atoms with Crippen LogP contribution in [0, 0.1) is 23.7 Å². The molecular weight excluding hydrogens is 615 g/mol. The molecule has 0 unspecified atom stereocenters. The standard InChI is InChI=1S/C50H41N/c1-2-9-35(10-3-1)37-17-19-38(20-18-37)39-21-24-43(25-22-39)51(44-26-23-36-11-4-5-12-40(36)32-44)48-16-8-15-47-49(48)45-13-6-7-14-46(45)50(47)41-28-33-27-34(30-41)31-42(50)29-33/h1-26,32-34,41-42H,27-31H2. The molecule has 0 heterocycles. The summed E-state index contributed by atoms with van der Waals surface area (Å²) in [7, 11) is 0. The second-order valence-corrected chi connectivity index (χ2v) is 15.8. The molecule has 0 radical (unpaired) electrons. The normalized spacial score (nSPS) is 23.8. The van der Waals surface area contributed by atoms with Gasteiger partial charge >= 0.3 is 0 Å². The topological polar surface area (TPSA) is 3.24 Å². The summed E-state index contributed by atoms with van der Waals surface area (Å²) in [4.78, 5) is 2.54. The van der Waals surface area contributed by atoms with Crippen molar-refractivity contribution in [1.82, 2.24) is 0 Å². The SMILES string of the molecule is c1ccc(-c2ccc(-c3ccc(N(c4ccc5ccccc5c4)c4cccc5c4-c4ccccc4C54C5CC6CC(C5)CC4C6)cc3)cc2)cc1. The van der Waals surface area contributed by atoms with Gasteiger partial charge in [-0.2, -0.15) is 0 Å². The Morgan fingerprint density at radius 2 is 0.961 bits per heavy atom. The minimum atomic E-state index is 0.139. The van der Waals surface area contributed by atoms with Crippen molar-refractivity contribution in [2.24, 2.45) is 23.7 Å². The molecule has 1 spiro atoms. The lowest BCUT2D eigenvalue weighted by atomic mass is 9.43. The molecule has 12 rings (SSSR count). The van der Waals surface area contributed by atoms with E-state index in [0.29, 0.717) is 0 Å².